The van der Waals surface area contributed by atoms with Crippen LogP contribution in [0.5, 0.6) is 0 Å². The molecule has 0 heteroatoms. The predicted octanol–water partition coefficient (Wildman–Crippen LogP) is 7.42. The van der Waals surface area contributed by atoms with Crippen molar-refractivity contribution in [1.82, 2.24) is 0 Å². The van der Waals surface area contributed by atoms with Crippen LogP contribution in [-0.2, 0) is 0 Å². The molecule has 2 fully saturated rings. The van der Waals surface area contributed by atoms with Crippen LogP contribution in [0.4, 0.5) is 0 Å². The van der Waals surface area contributed by atoms with Gasteiger partial charge in [-0.2, -0.15) is 0 Å². The van der Waals surface area contributed by atoms with E-state index in [0.29, 0.717) is 0 Å². The Bertz CT molecular complexity index is 486. The summed E-state index contributed by atoms with van der Waals surface area (Å²) in [6.45, 7) is 12.2. The molecule has 132 valence electrons. The number of allylic oxidation sites excluding steroid dienone is 8. The van der Waals surface area contributed by atoms with Crippen LogP contribution in [0.1, 0.15) is 65.2 Å². The van der Waals surface area contributed by atoms with Crippen molar-refractivity contribution < 1.29 is 0 Å². The molecule has 0 aromatic rings. The second kappa shape index (κ2) is 9.87. The smallest absolute Gasteiger partial charge is 0.0165 e. The normalized spacial score (nSPS) is 32.3. The van der Waals surface area contributed by atoms with Gasteiger partial charge in [0.05, 0.1) is 0 Å². The molecule has 0 bridgehead atoms. The van der Waals surface area contributed by atoms with Gasteiger partial charge in [0.15, 0.2) is 0 Å². The van der Waals surface area contributed by atoms with Crippen LogP contribution in [0.25, 0.3) is 0 Å². The molecule has 0 nitrogen and oxygen atoms in total. The van der Waals surface area contributed by atoms with Crippen LogP contribution >= 0.6 is 0 Å². The molecule has 0 N–H and O–H groups in total. The Morgan fingerprint density at radius 1 is 0.792 bits per heavy atom. The minimum Gasteiger partial charge on any atom is -0.103 e. The van der Waals surface area contributed by atoms with Crippen molar-refractivity contribution in [2.75, 3.05) is 0 Å². The predicted molar refractivity (Wildman–Crippen MR) is 108 cm³/mol. The molecule has 0 amide bonds. The molecule has 0 atom stereocenters. The molecule has 0 aliphatic heterocycles. The van der Waals surface area contributed by atoms with Gasteiger partial charge in [0.25, 0.3) is 0 Å². The summed E-state index contributed by atoms with van der Waals surface area (Å²) in [5, 5.41) is 0. The molecule has 0 radical (unpaired) electrons. The fourth-order valence-corrected chi connectivity index (χ4v) is 4.24. The lowest BCUT2D eigenvalue weighted by Crippen LogP contribution is -2.15. The Hall–Kier alpha value is -1.30. The first-order chi connectivity index (χ1) is 11.6. The largest absolute Gasteiger partial charge is 0.103 e. The zero-order valence-electron chi connectivity index (χ0n) is 15.8. The summed E-state index contributed by atoms with van der Waals surface area (Å²) < 4.78 is 0. The van der Waals surface area contributed by atoms with Crippen LogP contribution in [0.15, 0.2) is 60.8 Å². The first kappa shape index (κ1) is 19.0. The minimum atomic E-state index is 0.748. The van der Waals surface area contributed by atoms with Crippen LogP contribution in [0.3, 0.4) is 0 Å². The molecule has 2 rings (SSSR count). The van der Waals surface area contributed by atoms with E-state index >= 15 is 0 Å². The van der Waals surface area contributed by atoms with Gasteiger partial charge < -0.3 is 0 Å². The Balaban J connectivity index is 1.77. The van der Waals surface area contributed by atoms with Crippen molar-refractivity contribution in [3.8, 4) is 0 Å². The lowest BCUT2D eigenvalue weighted by molar-refractivity contribution is 0.338. The summed E-state index contributed by atoms with van der Waals surface area (Å²) in [5.41, 5.74) is 2.64. The molecule has 0 saturated heterocycles. The quantitative estimate of drug-likeness (QED) is 0.352. The molecule has 0 aromatic heterocycles. The Labute approximate surface area is 150 Å². The van der Waals surface area contributed by atoms with Crippen molar-refractivity contribution in [2.45, 2.75) is 65.2 Å². The summed E-state index contributed by atoms with van der Waals surface area (Å²) >= 11 is 0. The van der Waals surface area contributed by atoms with E-state index in [1.54, 1.807) is 0 Å². The van der Waals surface area contributed by atoms with Gasteiger partial charge in [-0.3, -0.25) is 0 Å². The van der Waals surface area contributed by atoms with Gasteiger partial charge in [-0.05, 0) is 94.5 Å². The third kappa shape index (κ3) is 5.96. The Morgan fingerprint density at radius 2 is 1.29 bits per heavy atom. The number of hydrogen-bond donors (Lipinski definition) is 0. The SMILES string of the molecule is C=CC1CCC(/C=C/C2CCC(C(/C=C\C(=C)C)=C/C)CC2)CC1. The maximum absolute atomic E-state index is 3.97. The second-order valence-electron chi connectivity index (χ2n) is 7.88. The standard InChI is InChI=1S/C24H36/c1-5-20-8-10-21(11-9-20)12-13-22-14-17-24(18-15-22)23(6-2)16-7-19(3)4/h5-7,12-13,16,20-22,24H,1,3,8-11,14-15,17-18H2,2,4H3/b13-12+,16-7-,23-6+. The van der Waals surface area contributed by atoms with Gasteiger partial charge in [-0.15, -0.1) is 6.58 Å². The zero-order valence-corrected chi connectivity index (χ0v) is 15.8. The van der Waals surface area contributed by atoms with Gasteiger partial charge >= 0.3 is 0 Å². The van der Waals surface area contributed by atoms with E-state index in [4.69, 9.17) is 0 Å². The highest BCUT2D eigenvalue weighted by Crippen LogP contribution is 2.36. The van der Waals surface area contributed by atoms with Crippen molar-refractivity contribution >= 4 is 0 Å². The van der Waals surface area contributed by atoms with Gasteiger partial charge in [-0.25, -0.2) is 0 Å². The van der Waals surface area contributed by atoms with Gasteiger partial charge in [-0.1, -0.05) is 48.6 Å². The van der Waals surface area contributed by atoms with E-state index in [9.17, 15) is 0 Å². The maximum atomic E-state index is 3.97. The monoisotopic (exact) mass is 324 g/mol. The summed E-state index contributed by atoms with van der Waals surface area (Å²) in [6.07, 6.45) is 24.7. The second-order valence-corrected chi connectivity index (χ2v) is 7.88. The summed E-state index contributed by atoms with van der Waals surface area (Å²) in [5.74, 6) is 3.15. The maximum Gasteiger partial charge on any atom is -0.0165 e. The van der Waals surface area contributed by atoms with E-state index in [1.165, 1.54) is 56.9 Å². The van der Waals surface area contributed by atoms with Crippen LogP contribution in [0, 0.1) is 23.7 Å². The summed E-state index contributed by atoms with van der Waals surface area (Å²) in [4.78, 5) is 0. The number of hydrogen-bond acceptors (Lipinski definition) is 0. The van der Waals surface area contributed by atoms with Crippen molar-refractivity contribution in [2.24, 2.45) is 23.7 Å². The van der Waals surface area contributed by atoms with E-state index in [-0.39, 0.29) is 0 Å². The molecule has 2 aliphatic carbocycles. The summed E-state index contributed by atoms with van der Waals surface area (Å²) in [6, 6.07) is 0. The van der Waals surface area contributed by atoms with Crippen molar-refractivity contribution in [1.29, 1.82) is 0 Å². The highest BCUT2D eigenvalue weighted by atomic mass is 14.3. The zero-order chi connectivity index (χ0) is 17.4. The fourth-order valence-electron chi connectivity index (χ4n) is 4.24. The van der Waals surface area contributed by atoms with E-state index in [2.05, 4.69) is 63.5 Å². The molecular weight excluding hydrogens is 288 g/mol. The topological polar surface area (TPSA) is 0 Å². The molecule has 24 heavy (non-hydrogen) atoms. The third-order valence-corrected chi connectivity index (χ3v) is 5.94. The molecule has 0 aromatic carbocycles. The molecule has 0 heterocycles. The van der Waals surface area contributed by atoms with Crippen LogP contribution < -0.4 is 0 Å². The molecule has 2 aliphatic rings. The Kier molecular flexibility index (Phi) is 7.82. The molecule has 0 unspecified atom stereocenters. The Morgan fingerprint density at radius 3 is 1.75 bits per heavy atom. The van der Waals surface area contributed by atoms with Gasteiger partial charge in [0, 0.05) is 0 Å². The molecule has 0 spiro atoms. The van der Waals surface area contributed by atoms with Gasteiger partial charge in [0.2, 0.25) is 0 Å². The first-order valence-electron chi connectivity index (χ1n) is 9.93. The fraction of sp³-hybridized carbons (Fsp3) is 0.583. The van der Waals surface area contributed by atoms with Crippen LogP contribution in [0.2, 0.25) is 0 Å². The van der Waals surface area contributed by atoms with E-state index in [1.807, 2.05) is 0 Å². The minimum absolute atomic E-state index is 0.748. The average molecular weight is 325 g/mol. The molecular formula is C24H36. The van der Waals surface area contributed by atoms with Crippen molar-refractivity contribution in [3.63, 3.8) is 0 Å². The summed E-state index contributed by atoms with van der Waals surface area (Å²) in [7, 11) is 0. The number of rotatable bonds is 6. The van der Waals surface area contributed by atoms with Crippen LogP contribution in [-0.4, -0.2) is 0 Å². The first-order valence-corrected chi connectivity index (χ1v) is 9.93. The van der Waals surface area contributed by atoms with Gasteiger partial charge in [0.1, 0.15) is 0 Å². The highest BCUT2D eigenvalue weighted by Gasteiger charge is 2.22. The lowest BCUT2D eigenvalue weighted by Gasteiger charge is -2.29. The third-order valence-electron chi connectivity index (χ3n) is 5.94. The molecule has 2 saturated carbocycles. The average Bonchev–Trinajstić information content (AvgIpc) is 2.61. The van der Waals surface area contributed by atoms with Crippen molar-refractivity contribution in [3.05, 3.63) is 60.8 Å². The lowest BCUT2D eigenvalue weighted by atomic mass is 9.77. The van der Waals surface area contributed by atoms with E-state index in [0.717, 1.165) is 29.2 Å². The van der Waals surface area contributed by atoms with E-state index < -0.39 is 0 Å². The highest BCUT2D eigenvalue weighted by molar-refractivity contribution is 5.27.